The van der Waals surface area contributed by atoms with Crippen molar-refractivity contribution >= 4 is 12.4 Å². The molecule has 1 aliphatic rings. The minimum atomic E-state index is -0.758. The van der Waals surface area contributed by atoms with Gasteiger partial charge in [-0.15, -0.1) is 0 Å². The van der Waals surface area contributed by atoms with E-state index in [1.165, 1.54) is 6.40 Å². The van der Waals surface area contributed by atoms with Crippen molar-refractivity contribution in [3.63, 3.8) is 0 Å². The number of aliphatic imine (C=N–C) groups is 1. The molecule has 0 bridgehead atoms. The minimum Gasteiger partial charge on any atom is -0.470 e. The van der Waals surface area contributed by atoms with Gasteiger partial charge in [-0.1, -0.05) is 6.58 Å². The van der Waals surface area contributed by atoms with Crippen molar-refractivity contribution in [1.29, 1.82) is 0 Å². The highest BCUT2D eigenvalue weighted by molar-refractivity contribution is 5.81. The minimum absolute atomic E-state index is 0.345. The van der Waals surface area contributed by atoms with Gasteiger partial charge in [-0.25, -0.2) is 9.79 Å². The molecular weight excluding hydrogens is 170 g/mol. The van der Waals surface area contributed by atoms with Crippen molar-refractivity contribution in [2.24, 2.45) is 4.99 Å². The molecule has 13 heavy (non-hydrogen) atoms. The summed E-state index contributed by atoms with van der Waals surface area (Å²) in [6.07, 6.45) is 2.82. The van der Waals surface area contributed by atoms with Gasteiger partial charge in [0.05, 0.1) is 6.61 Å². The molecule has 2 atom stereocenters. The molecule has 0 aromatic carbocycles. The number of ether oxygens (including phenoxy) is 2. The molecule has 1 aliphatic heterocycles. The number of carbonyl (C=O) groups is 1. The topological polar surface area (TPSA) is 47.9 Å². The molecule has 4 nitrogen and oxygen atoms in total. The lowest BCUT2D eigenvalue weighted by atomic mass is 9.98. The van der Waals surface area contributed by atoms with Gasteiger partial charge in [0.25, 0.3) is 0 Å². The van der Waals surface area contributed by atoms with Crippen LogP contribution in [0, 0.1) is 0 Å². The van der Waals surface area contributed by atoms with E-state index >= 15 is 0 Å². The van der Waals surface area contributed by atoms with Gasteiger partial charge in [0, 0.05) is 0 Å². The fourth-order valence-corrected chi connectivity index (χ4v) is 1.09. The Morgan fingerprint density at radius 1 is 1.92 bits per heavy atom. The zero-order valence-corrected chi connectivity index (χ0v) is 7.82. The van der Waals surface area contributed by atoms with Crippen molar-refractivity contribution in [1.82, 2.24) is 0 Å². The molecule has 2 unspecified atom stereocenters. The molecule has 0 fully saturated rings. The second-order valence-corrected chi connectivity index (χ2v) is 2.91. The third kappa shape index (κ3) is 1.71. The maximum Gasteiger partial charge on any atom is 0.335 e. The Morgan fingerprint density at radius 2 is 2.62 bits per heavy atom. The summed E-state index contributed by atoms with van der Waals surface area (Å²) < 4.78 is 10.0. The fraction of sp³-hybridized carbons (Fsp3) is 0.556. The molecule has 1 rings (SSSR count). The molecule has 72 valence electrons. The summed E-state index contributed by atoms with van der Waals surface area (Å²) in [4.78, 5) is 15.2. The smallest absolute Gasteiger partial charge is 0.335 e. The van der Waals surface area contributed by atoms with Crippen molar-refractivity contribution < 1.29 is 14.3 Å². The SMILES string of the molecule is C=CC1(C)OC=NC1C(=O)OCC. The number of hydrogen-bond donors (Lipinski definition) is 0. The third-order valence-corrected chi connectivity index (χ3v) is 1.97. The second kappa shape index (κ2) is 3.60. The lowest BCUT2D eigenvalue weighted by Gasteiger charge is -2.23. The zero-order chi connectivity index (χ0) is 9.90. The molecule has 0 N–H and O–H groups in total. The van der Waals surface area contributed by atoms with Gasteiger partial charge < -0.3 is 9.47 Å². The van der Waals surface area contributed by atoms with E-state index in [0.717, 1.165) is 0 Å². The van der Waals surface area contributed by atoms with Gasteiger partial charge in [-0.05, 0) is 19.9 Å². The van der Waals surface area contributed by atoms with E-state index in [4.69, 9.17) is 9.47 Å². The molecule has 0 aromatic rings. The number of esters is 1. The van der Waals surface area contributed by atoms with Crippen LogP contribution in [0.1, 0.15) is 13.8 Å². The number of nitrogens with zero attached hydrogens (tertiary/aromatic N) is 1. The molecule has 0 saturated carbocycles. The van der Waals surface area contributed by atoms with E-state index in [0.29, 0.717) is 6.61 Å². The van der Waals surface area contributed by atoms with E-state index in [-0.39, 0.29) is 5.97 Å². The Balaban J connectivity index is 2.73. The monoisotopic (exact) mass is 183 g/mol. The summed E-state index contributed by atoms with van der Waals surface area (Å²) in [5, 5.41) is 0. The van der Waals surface area contributed by atoms with Crippen LogP contribution in [0.5, 0.6) is 0 Å². The molecule has 0 aromatic heterocycles. The molecule has 0 aliphatic carbocycles. The Morgan fingerprint density at radius 3 is 3.15 bits per heavy atom. The molecular formula is C9H13NO3. The first kappa shape index (κ1) is 9.77. The zero-order valence-electron chi connectivity index (χ0n) is 7.82. The highest BCUT2D eigenvalue weighted by Crippen LogP contribution is 2.24. The van der Waals surface area contributed by atoms with E-state index in [1.54, 1.807) is 19.9 Å². The van der Waals surface area contributed by atoms with Crippen LogP contribution in [-0.4, -0.2) is 30.6 Å². The van der Waals surface area contributed by atoms with Crippen molar-refractivity contribution in [2.45, 2.75) is 25.5 Å². The van der Waals surface area contributed by atoms with Crippen molar-refractivity contribution in [3.8, 4) is 0 Å². The summed E-state index contributed by atoms with van der Waals surface area (Å²) in [5.74, 6) is -0.376. The first-order valence-electron chi connectivity index (χ1n) is 4.13. The number of carbonyl (C=O) groups excluding carboxylic acids is 1. The number of hydrogen-bond acceptors (Lipinski definition) is 4. The summed E-state index contributed by atoms with van der Waals surface area (Å²) >= 11 is 0. The average molecular weight is 183 g/mol. The Bertz CT molecular complexity index is 249. The standard InChI is InChI=1S/C9H13NO3/c1-4-9(3)7(10-6-13-9)8(11)12-5-2/h4,6-7H,1,5H2,2-3H3. The van der Waals surface area contributed by atoms with Gasteiger partial charge in [-0.2, -0.15) is 0 Å². The van der Waals surface area contributed by atoms with Gasteiger partial charge in [-0.3, -0.25) is 0 Å². The summed E-state index contributed by atoms with van der Waals surface area (Å²) in [7, 11) is 0. The molecule has 0 amide bonds. The number of rotatable bonds is 3. The Hall–Kier alpha value is -1.32. The van der Waals surface area contributed by atoms with Crippen LogP contribution >= 0.6 is 0 Å². The molecule has 0 saturated heterocycles. The molecule has 0 spiro atoms. The largest absolute Gasteiger partial charge is 0.470 e. The summed E-state index contributed by atoms with van der Waals surface area (Å²) in [6.45, 7) is 7.44. The van der Waals surface area contributed by atoms with E-state index in [9.17, 15) is 4.79 Å². The maximum absolute atomic E-state index is 11.4. The first-order valence-corrected chi connectivity index (χ1v) is 4.13. The summed E-state index contributed by atoms with van der Waals surface area (Å²) in [5.41, 5.74) is -0.758. The van der Waals surface area contributed by atoms with Gasteiger partial charge in [0.1, 0.15) is 0 Å². The van der Waals surface area contributed by atoms with Crippen molar-refractivity contribution in [2.75, 3.05) is 6.61 Å². The Labute approximate surface area is 77.2 Å². The maximum atomic E-state index is 11.4. The van der Waals surface area contributed by atoms with Gasteiger partial charge >= 0.3 is 5.97 Å². The third-order valence-electron chi connectivity index (χ3n) is 1.97. The molecule has 1 heterocycles. The Kier molecular flexibility index (Phi) is 2.70. The molecule has 4 heteroatoms. The summed E-state index contributed by atoms with van der Waals surface area (Å²) in [6, 6.07) is -0.620. The predicted octanol–water partition coefficient (Wildman–Crippen LogP) is 0.921. The van der Waals surface area contributed by atoms with Crippen LogP contribution in [0.15, 0.2) is 17.6 Å². The lowest BCUT2D eigenvalue weighted by molar-refractivity contribution is -0.147. The highest BCUT2D eigenvalue weighted by Gasteiger charge is 2.42. The van der Waals surface area contributed by atoms with Crippen LogP contribution in [0.25, 0.3) is 0 Å². The van der Waals surface area contributed by atoms with Crippen LogP contribution < -0.4 is 0 Å². The van der Waals surface area contributed by atoms with E-state index in [2.05, 4.69) is 11.6 Å². The van der Waals surface area contributed by atoms with Crippen LogP contribution in [0.2, 0.25) is 0 Å². The van der Waals surface area contributed by atoms with Gasteiger partial charge in [0.2, 0.25) is 0 Å². The fourth-order valence-electron chi connectivity index (χ4n) is 1.09. The normalized spacial score (nSPS) is 31.1. The van der Waals surface area contributed by atoms with Crippen LogP contribution in [-0.2, 0) is 14.3 Å². The van der Waals surface area contributed by atoms with E-state index < -0.39 is 11.6 Å². The highest BCUT2D eigenvalue weighted by atomic mass is 16.5. The van der Waals surface area contributed by atoms with E-state index in [1.807, 2.05) is 0 Å². The van der Waals surface area contributed by atoms with Crippen LogP contribution in [0.3, 0.4) is 0 Å². The lowest BCUT2D eigenvalue weighted by Crippen LogP contribution is -2.40. The van der Waals surface area contributed by atoms with Crippen LogP contribution in [0.4, 0.5) is 0 Å². The average Bonchev–Trinajstić information content (AvgIpc) is 2.49. The quantitative estimate of drug-likeness (QED) is 0.483. The predicted molar refractivity (Wildman–Crippen MR) is 48.6 cm³/mol. The van der Waals surface area contributed by atoms with Crippen molar-refractivity contribution in [3.05, 3.63) is 12.7 Å². The van der Waals surface area contributed by atoms with Gasteiger partial charge in [0.15, 0.2) is 18.0 Å². The molecule has 0 radical (unpaired) electrons. The first-order chi connectivity index (χ1) is 6.14. The second-order valence-electron chi connectivity index (χ2n) is 2.91.